The maximum Gasteiger partial charge on any atom is 0.312 e. The molecule has 2 aromatic rings. The van der Waals surface area contributed by atoms with Gasteiger partial charge in [-0.3, -0.25) is 4.79 Å². The predicted molar refractivity (Wildman–Crippen MR) is 58.7 cm³/mol. The summed E-state index contributed by atoms with van der Waals surface area (Å²) in [4.78, 5) is 14.6. The van der Waals surface area contributed by atoms with Gasteiger partial charge in [0.2, 0.25) is 0 Å². The second kappa shape index (κ2) is 3.77. The average molecular weight is 203 g/mol. The number of H-pyrrole nitrogens is 1. The number of rotatable bonds is 2. The number of aromatic nitrogens is 1. The molecule has 78 valence electrons. The molecule has 0 aliphatic heterocycles. The van der Waals surface area contributed by atoms with Gasteiger partial charge in [0.25, 0.3) is 0 Å². The van der Waals surface area contributed by atoms with Gasteiger partial charge in [-0.25, -0.2) is 0 Å². The second-order valence-corrected chi connectivity index (χ2v) is 3.53. The Bertz CT molecular complexity index is 487. The molecule has 3 heteroatoms. The lowest BCUT2D eigenvalue weighted by Gasteiger charge is -2.07. The highest BCUT2D eigenvalue weighted by atomic mass is 16.5. The molecule has 0 aliphatic carbocycles. The molecular weight excluding hydrogens is 190 g/mol. The van der Waals surface area contributed by atoms with E-state index in [1.165, 1.54) is 7.11 Å². The first-order valence-corrected chi connectivity index (χ1v) is 4.88. The van der Waals surface area contributed by atoms with Crippen LogP contribution in [0.1, 0.15) is 18.4 Å². The number of carbonyl (C=O) groups excluding carboxylic acids is 1. The molecule has 15 heavy (non-hydrogen) atoms. The molecule has 1 N–H and O–H groups in total. The van der Waals surface area contributed by atoms with E-state index < -0.39 is 0 Å². The van der Waals surface area contributed by atoms with Crippen LogP contribution in [0.4, 0.5) is 0 Å². The van der Waals surface area contributed by atoms with Crippen molar-refractivity contribution >= 4 is 16.9 Å². The molecule has 0 amide bonds. The van der Waals surface area contributed by atoms with E-state index in [9.17, 15) is 4.79 Å². The number of para-hydroxylation sites is 1. The van der Waals surface area contributed by atoms with Crippen molar-refractivity contribution in [3.05, 3.63) is 36.0 Å². The minimum absolute atomic E-state index is 0.209. The Kier molecular flexibility index (Phi) is 2.46. The number of aromatic amines is 1. The molecule has 0 radical (unpaired) electrons. The number of hydrogen-bond acceptors (Lipinski definition) is 2. The highest BCUT2D eigenvalue weighted by Crippen LogP contribution is 2.25. The zero-order chi connectivity index (χ0) is 10.8. The van der Waals surface area contributed by atoms with Crippen LogP contribution in [0.2, 0.25) is 0 Å². The zero-order valence-electron chi connectivity index (χ0n) is 8.78. The van der Waals surface area contributed by atoms with Gasteiger partial charge in [0.05, 0.1) is 13.0 Å². The Morgan fingerprint density at radius 1 is 1.40 bits per heavy atom. The summed E-state index contributed by atoms with van der Waals surface area (Å²) in [7, 11) is 1.41. The van der Waals surface area contributed by atoms with E-state index in [1.54, 1.807) is 0 Å². The lowest BCUT2D eigenvalue weighted by molar-refractivity contribution is -0.141. The topological polar surface area (TPSA) is 42.1 Å². The number of fused-ring (bicyclic) bond motifs is 1. The van der Waals surface area contributed by atoms with Crippen molar-refractivity contribution in [3.63, 3.8) is 0 Å². The third kappa shape index (κ3) is 1.61. The Morgan fingerprint density at radius 2 is 2.13 bits per heavy atom. The predicted octanol–water partition coefficient (Wildman–Crippen LogP) is 2.44. The number of esters is 1. The Balaban J connectivity index is 2.48. The minimum Gasteiger partial charge on any atom is -0.469 e. The molecule has 0 saturated heterocycles. The van der Waals surface area contributed by atoms with Gasteiger partial charge < -0.3 is 9.72 Å². The van der Waals surface area contributed by atoms with Crippen LogP contribution >= 0.6 is 0 Å². The van der Waals surface area contributed by atoms with E-state index in [0.29, 0.717) is 0 Å². The van der Waals surface area contributed by atoms with Crippen LogP contribution in [0, 0.1) is 0 Å². The summed E-state index contributed by atoms with van der Waals surface area (Å²) >= 11 is 0. The zero-order valence-corrected chi connectivity index (χ0v) is 8.78. The molecule has 1 heterocycles. The Hall–Kier alpha value is -1.77. The van der Waals surface area contributed by atoms with Crippen LogP contribution in [0.15, 0.2) is 30.5 Å². The van der Waals surface area contributed by atoms with Crippen LogP contribution in [-0.4, -0.2) is 18.1 Å². The van der Waals surface area contributed by atoms with Gasteiger partial charge >= 0.3 is 5.97 Å². The number of carbonyl (C=O) groups is 1. The molecule has 3 nitrogen and oxygen atoms in total. The monoisotopic (exact) mass is 203 g/mol. The molecule has 0 saturated carbocycles. The first kappa shape index (κ1) is 9.77. The third-order valence-electron chi connectivity index (χ3n) is 2.64. The minimum atomic E-state index is -0.230. The number of ether oxygens (including phenoxy) is 1. The molecule has 0 fully saturated rings. The van der Waals surface area contributed by atoms with Gasteiger partial charge in [0.15, 0.2) is 0 Å². The molecule has 0 spiro atoms. The van der Waals surface area contributed by atoms with Crippen LogP contribution in [0.25, 0.3) is 10.9 Å². The number of hydrogen-bond donors (Lipinski definition) is 1. The average Bonchev–Trinajstić information content (AvgIpc) is 2.70. The normalized spacial score (nSPS) is 12.7. The van der Waals surface area contributed by atoms with Crippen molar-refractivity contribution in [2.75, 3.05) is 7.11 Å². The van der Waals surface area contributed by atoms with Gasteiger partial charge in [-0.2, -0.15) is 0 Å². The molecule has 0 bridgehead atoms. The quantitative estimate of drug-likeness (QED) is 0.762. The van der Waals surface area contributed by atoms with Gasteiger partial charge in [-0.1, -0.05) is 18.2 Å². The largest absolute Gasteiger partial charge is 0.469 e. The Labute approximate surface area is 88.1 Å². The van der Waals surface area contributed by atoms with Crippen molar-refractivity contribution in [3.8, 4) is 0 Å². The van der Waals surface area contributed by atoms with Crippen molar-refractivity contribution in [1.82, 2.24) is 4.98 Å². The molecule has 0 unspecified atom stereocenters. The van der Waals surface area contributed by atoms with E-state index in [4.69, 9.17) is 4.74 Å². The molecule has 2 rings (SSSR count). The molecule has 1 aromatic heterocycles. The van der Waals surface area contributed by atoms with Crippen LogP contribution in [0.5, 0.6) is 0 Å². The van der Waals surface area contributed by atoms with Crippen LogP contribution in [0.3, 0.4) is 0 Å². The fourth-order valence-electron chi connectivity index (χ4n) is 1.76. The van der Waals surface area contributed by atoms with E-state index in [-0.39, 0.29) is 11.9 Å². The van der Waals surface area contributed by atoms with Crippen LogP contribution < -0.4 is 0 Å². The number of benzene rings is 1. The highest BCUT2D eigenvalue weighted by Gasteiger charge is 2.18. The summed E-state index contributed by atoms with van der Waals surface area (Å²) in [5.74, 6) is -0.439. The van der Waals surface area contributed by atoms with Gasteiger partial charge in [-0.15, -0.1) is 0 Å². The fourth-order valence-corrected chi connectivity index (χ4v) is 1.76. The first-order valence-electron chi connectivity index (χ1n) is 4.88. The van der Waals surface area contributed by atoms with Gasteiger partial charge in [0.1, 0.15) is 0 Å². The maximum absolute atomic E-state index is 11.4. The first-order chi connectivity index (χ1) is 7.24. The van der Waals surface area contributed by atoms with Gasteiger partial charge in [-0.05, 0) is 18.6 Å². The van der Waals surface area contributed by atoms with Crippen molar-refractivity contribution in [1.29, 1.82) is 0 Å². The summed E-state index contributed by atoms with van der Waals surface area (Å²) in [5, 5.41) is 1.08. The van der Waals surface area contributed by atoms with Crippen LogP contribution in [-0.2, 0) is 9.53 Å². The van der Waals surface area contributed by atoms with Crippen molar-refractivity contribution in [2.24, 2.45) is 0 Å². The molecule has 0 aliphatic rings. The summed E-state index contributed by atoms with van der Waals surface area (Å²) in [5.41, 5.74) is 2.03. The number of nitrogens with one attached hydrogen (secondary N) is 1. The SMILES string of the molecule is COC(=O)[C@@H](C)c1c[nH]c2ccccc12. The lowest BCUT2D eigenvalue weighted by Crippen LogP contribution is -2.10. The lowest BCUT2D eigenvalue weighted by atomic mass is 10.0. The van der Waals surface area contributed by atoms with Crippen molar-refractivity contribution < 1.29 is 9.53 Å². The fraction of sp³-hybridized carbons (Fsp3) is 0.250. The third-order valence-corrected chi connectivity index (χ3v) is 2.64. The summed E-state index contributed by atoms with van der Waals surface area (Å²) in [6.07, 6.45) is 1.87. The summed E-state index contributed by atoms with van der Waals surface area (Å²) in [6, 6.07) is 7.92. The number of methoxy groups -OCH3 is 1. The van der Waals surface area contributed by atoms with E-state index >= 15 is 0 Å². The van der Waals surface area contributed by atoms with E-state index in [1.807, 2.05) is 37.4 Å². The molecule has 1 atom stereocenters. The Morgan fingerprint density at radius 3 is 2.87 bits per heavy atom. The summed E-state index contributed by atoms with van der Waals surface area (Å²) < 4.78 is 4.73. The van der Waals surface area contributed by atoms with Crippen molar-refractivity contribution in [2.45, 2.75) is 12.8 Å². The standard InChI is InChI=1S/C12H13NO2/c1-8(12(14)15-2)10-7-13-11-6-4-3-5-9(10)11/h3-8,13H,1-2H3/t8-/m0/s1. The molecule has 1 aromatic carbocycles. The maximum atomic E-state index is 11.4. The van der Waals surface area contributed by atoms with Gasteiger partial charge in [0, 0.05) is 17.1 Å². The molecular formula is C12H13NO2. The highest BCUT2D eigenvalue weighted by molar-refractivity contribution is 5.89. The second-order valence-electron chi connectivity index (χ2n) is 3.53. The van der Waals surface area contributed by atoms with E-state index in [0.717, 1.165) is 16.5 Å². The smallest absolute Gasteiger partial charge is 0.312 e. The van der Waals surface area contributed by atoms with E-state index in [2.05, 4.69) is 4.98 Å². The summed E-state index contributed by atoms with van der Waals surface area (Å²) in [6.45, 7) is 1.85.